The molecule has 0 saturated heterocycles. The molecular formula is H6I3N9-2. The van der Waals surface area contributed by atoms with Crippen molar-refractivity contribution < 1.29 is 0 Å². The fourth-order valence-electron chi connectivity index (χ4n) is 0.236. The van der Waals surface area contributed by atoms with Crippen LogP contribution in [-0.4, -0.2) is 13.8 Å². The second-order valence-corrected chi connectivity index (χ2v) is 3.15. The lowest BCUT2D eigenvalue weighted by Crippen LogP contribution is -2.56. The van der Waals surface area contributed by atoms with Crippen molar-refractivity contribution >= 4 is 68.6 Å². The maximum atomic E-state index is 5.26. The van der Waals surface area contributed by atoms with Gasteiger partial charge in [-0.1, -0.05) is 3.33 Å². The Morgan fingerprint density at radius 2 is 1.33 bits per heavy atom. The molecule has 0 amide bonds. The number of rotatable bonds is 6. The summed E-state index contributed by atoms with van der Waals surface area (Å²) in [7, 11) is 0. The van der Waals surface area contributed by atoms with Crippen molar-refractivity contribution in [3.05, 3.63) is 7.28 Å². The Labute approximate surface area is 111 Å². The molecule has 0 aromatic carbocycles. The molecule has 0 aliphatic heterocycles. The van der Waals surface area contributed by atoms with Crippen LogP contribution in [0.4, 0.5) is 0 Å². The van der Waals surface area contributed by atoms with Crippen molar-refractivity contribution in [3.63, 3.8) is 0 Å². The van der Waals surface area contributed by atoms with E-state index in [1.54, 1.807) is 45.7 Å². The van der Waals surface area contributed by atoms with Crippen molar-refractivity contribution in [2.45, 2.75) is 0 Å². The summed E-state index contributed by atoms with van der Waals surface area (Å²) in [4.78, 5) is 0. The van der Waals surface area contributed by atoms with Gasteiger partial charge in [0.05, 0.1) is 22.9 Å². The van der Waals surface area contributed by atoms with E-state index in [1.807, 2.05) is 22.9 Å². The highest BCUT2D eigenvalue weighted by Gasteiger charge is 1.96. The first kappa shape index (κ1) is 13.8. The zero-order valence-electron chi connectivity index (χ0n) is 5.52. The average molecular weight is 513 g/mol. The highest BCUT2D eigenvalue weighted by atomic mass is 127. The van der Waals surface area contributed by atoms with E-state index in [0.29, 0.717) is 0 Å². The number of hydrogen-bond donors (Lipinski definition) is 4. The van der Waals surface area contributed by atoms with E-state index in [4.69, 9.17) is 11.7 Å². The molecule has 0 fully saturated rings. The number of halogens is 3. The van der Waals surface area contributed by atoms with Crippen LogP contribution in [0.25, 0.3) is 7.28 Å². The zero-order valence-corrected chi connectivity index (χ0v) is 12.0. The van der Waals surface area contributed by atoms with Crippen molar-refractivity contribution in [2.24, 2.45) is 11.7 Å². The summed E-state index contributed by atoms with van der Waals surface area (Å²) in [6, 6.07) is 0. The predicted molar refractivity (Wildman–Crippen MR) is 68.9 cm³/mol. The van der Waals surface area contributed by atoms with Gasteiger partial charge in [-0.15, -0.1) is 0 Å². The van der Waals surface area contributed by atoms with E-state index in [2.05, 4.69) is 18.3 Å². The lowest BCUT2D eigenvalue weighted by molar-refractivity contribution is 0.0461. The van der Waals surface area contributed by atoms with Crippen LogP contribution in [-0.2, 0) is 0 Å². The molecule has 0 unspecified atom stereocenters. The molecular weight excluding hydrogens is 507 g/mol. The van der Waals surface area contributed by atoms with Gasteiger partial charge in [0.1, 0.15) is 0 Å². The van der Waals surface area contributed by atoms with Gasteiger partial charge in [-0.05, 0) is 0 Å². The Kier molecular flexibility index (Phi) is 9.41. The van der Waals surface area contributed by atoms with Crippen molar-refractivity contribution in [2.75, 3.05) is 0 Å². The molecule has 12 heavy (non-hydrogen) atoms. The minimum atomic E-state index is 0.987. The number of hydrazine groups is 6. The Bertz CT molecular complexity index is 93.9. The van der Waals surface area contributed by atoms with Crippen LogP contribution < -0.4 is 22.8 Å². The number of nitrogens with two attached hydrogens (primary N) is 2. The van der Waals surface area contributed by atoms with Gasteiger partial charge < -0.3 is 7.28 Å². The largest absolute Gasteiger partial charge is 0.503 e. The van der Waals surface area contributed by atoms with Crippen LogP contribution in [0.1, 0.15) is 0 Å². The second kappa shape index (κ2) is 8.16. The summed E-state index contributed by atoms with van der Waals surface area (Å²) in [6.07, 6.45) is 0. The number of nitrogens with zero attached hydrogens (tertiary/aromatic N) is 5. The fraction of sp³-hybridized carbons (Fsp3) is 0. The maximum absolute atomic E-state index is 5.26. The second-order valence-electron chi connectivity index (χ2n) is 1.32. The van der Waals surface area contributed by atoms with Gasteiger partial charge in [0, 0.05) is 0 Å². The predicted octanol–water partition coefficient (Wildman–Crippen LogP) is 0.106. The van der Waals surface area contributed by atoms with E-state index in [0.717, 1.165) is 10.5 Å². The third-order valence-electron chi connectivity index (χ3n) is 0.543. The van der Waals surface area contributed by atoms with Crippen LogP contribution >= 0.6 is 68.6 Å². The summed E-state index contributed by atoms with van der Waals surface area (Å²) in [6.45, 7) is 0. The summed E-state index contributed by atoms with van der Waals surface area (Å²) >= 11 is 5.31. The topological polar surface area (TPSA) is 114 Å². The molecule has 0 heterocycles. The first-order valence-corrected chi connectivity index (χ1v) is 5.21. The molecule has 6 N–H and O–H groups in total. The van der Waals surface area contributed by atoms with E-state index in [9.17, 15) is 0 Å². The minimum absolute atomic E-state index is 0.987. The Balaban J connectivity index is 3.51. The lowest BCUT2D eigenvalue weighted by Gasteiger charge is -2.36. The molecule has 12 heteroatoms. The van der Waals surface area contributed by atoms with Gasteiger partial charge >= 0.3 is 0 Å². The number of hydrogen-bond acceptors (Lipinski definition) is 7. The van der Waals surface area contributed by atoms with Crippen LogP contribution in [0.5, 0.6) is 0 Å². The molecule has 0 aliphatic carbocycles. The average Bonchev–Trinajstić information content (AvgIpc) is 2.03. The van der Waals surface area contributed by atoms with Gasteiger partial charge in [-0.3, -0.25) is 22.1 Å². The van der Waals surface area contributed by atoms with E-state index >= 15 is 0 Å². The number of nitrogens with one attached hydrogen (secondary N) is 2. The Morgan fingerprint density at radius 3 is 1.58 bits per heavy atom. The molecule has 0 atom stereocenters. The van der Waals surface area contributed by atoms with E-state index in [-0.39, 0.29) is 0 Å². The summed E-state index contributed by atoms with van der Waals surface area (Å²) in [5, 5.41) is 1.97. The summed E-state index contributed by atoms with van der Waals surface area (Å²) in [5.41, 5.74) is 5.11. The molecule has 0 aromatic rings. The third-order valence-corrected chi connectivity index (χ3v) is 1.90. The lowest BCUT2D eigenvalue weighted by atomic mass is 12.0. The minimum Gasteiger partial charge on any atom is -0.503 e. The van der Waals surface area contributed by atoms with Gasteiger partial charge in [0.2, 0.25) is 0 Å². The molecule has 0 saturated carbocycles. The van der Waals surface area contributed by atoms with E-state index < -0.39 is 0 Å². The Hall–Kier alpha value is 1.83. The normalized spacial score (nSPS) is 12.0. The summed E-state index contributed by atoms with van der Waals surface area (Å²) in [5.74, 6) is 10.5. The quantitative estimate of drug-likeness (QED) is 0.173. The first-order chi connectivity index (χ1) is 5.60. The van der Waals surface area contributed by atoms with Crippen LogP contribution in [0.15, 0.2) is 0 Å². The SMILES string of the molecule is NN([N-]I)NN(I)NN(N)[N-]I. The van der Waals surface area contributed by atoms with Gasteiger partial charge in [-0.2, -0.15) is 11.1 Å². The van der Waals surface area contributed by atoms with Gasteiger partial charge in [0.25, 0.3) is 0 Å². The molecule has 0 spiro atoms. The van der Waals surface area contributed by atoms with Gasteiger partial charge in [0.15, 0.2) is 0 Å². The molecule has 0 radical (unpaired) electrons. The van der Waals surface area contributed by atoms with Crippen molar-refractivity contribution in [1.29, 1.82) is 0 Å². The molecule has 0 aliphatic rings. The Morgan fingerprint density at radius 1 is 1.00 bits per heavy atom. The molecule has 9 nitrogen and oxygen atoms in total. The monoisotopic (exact) mass is 513 g/mol. The van der Waals surface area contributed by atoms with E-state index in [1.165, 1.54) is 3.33 Å². The summed E-state index contributed by atoms with van der Waals surface area (Å²) < 4.78 is 8.44. The van der Waals surface area contributed by atoms with Gasteiger partial charge in [-0.25, -0.2) is 45.7 Å². The smallest absolute Gasteiger partial charge is 0.0594 e. The highest BCUT2D eigenvalue weighted by molar-refractivity contribution is 14.1. The maximum Gasteiger partial charge on any atom is 0.0594 e. The first-order valence-electron chi connectivity index (χ1n) is 2.32. The van der Waals surface area contributed by atoms with Crippen molar-refractivity contribution in [3.8, 4) is 0 Å². The fourth-order valence-corrected chi connectivity index (χ4v) is 0.871. The highest BCUT2D eigenvalue weighted by Crippen LogP contribution is 2.01. The molecule has 0 bridgehead atoms. The molecule has 0 aromatic heterocycles. The third kappa shape index (κ3) is 7.25. The van der Waals surface area contributed by atoms with Crippen molar-refractivity contribution in [1.82, 2.24) is 24.9 Å². The van der Waals surface area contributed by atoms with Crippen LogP contribution in [0.3, 0.4) is 0 Å². The molecule has 74 valence electrons. The van der Waals surface area contributed by atoms with Crippen LogP contribution in [0.2, 0.25) is 0 Å². The zero-order chi connectivity index (χ0) is 9.56. The standard InChI is InChI=1S/H6I3N9/c1-6-11(4)8-10(3)9-12(5)7-2/h8-9H,4-5H2/q-2. The van der Waals surface area contributed by atoms with Crippen LogP contribution in [0, 0.1) is 0 Å². The molecule has 0 rings (SSSR count).